The monoisotopic (exact) mass is 182 g/mol. The molecule has 0 aromatic rings. The smallest absolute Gasteiger partial charge is 0.114 e. The van der Waals surface area contributed by atoms with E-state index in [1.54, 1.807) is 6.08 Å². The van der Waals surface area contributed by atoms with Crippen molar-refractivity contribution in [2.75, 3.05) is 6.61 Å². The van der Waals surface area contributed by atoms with Gasteiger partial charge in [0.1, 0.15) is 6.61 Å². The molecule has 1 N–H and O–H groups in total. The van der Waals surface area contributed by atoms with E-state index in [1.165, 1.54) is 0 Å². The van der Waals surface area contributed by atoms with Crippen LogP contribution in [0.2, 0.25) is 0 Å². The van der Waals surface area contributed by atoms with Gasteiger partial charge < -0.3 is 9.84 Å². The number of aliphatic hydroxyl groups is 1. The van der Waals surface area contributed by atoms with Crippen LogP contribution in [-0.2, 0) is 4.74 Å². The molecule has 1 atom stereocenters. The minimum Gasteiger partial charge on any atom is -0.496 e. The third-order valence-corrected chi connectivity index (χ3v) is 1.55. The molecule has 0 amide bonds. The molecule has 0 rings (SSSR count). The lowest BCUT2D eigenvalue weighted by molar-refractivity contribution is 0.0697. The molecule has 0 bridgehead atoms. The van der Waals surface area contributed by atoms with Gasteiger partial charge in [-0.05, 0) is 19.4 Å². The van der Waals surface area contributed by atoms with Crippen molar-refractivity contribution in [1.82, 2.24) is 0 Å². The van der Waals surface area contributed by atoms with Crippen LogP contribution in [0.3, 0.4) is 0 Å². The van der Waals surface area contributed by atoms with E-state index in [4.69, 9.17) is 4.74 Å². The number of aliphatic hydroxyl groups excluding tert-OH is 1. The van der Waals surface area contributed by atoms with E-state index in [0.717, 1.165) is 12.2 Å². The van der Waals surface area contributed by atoms with E-state index in [-0.39, 0.29) is 6.10 Å². The van der Waals surface area contributed by atoms with Crippen molar-refractivity contribution in [3.63, 3.8) is 0 Å². The van der Waals surface area contributed by atoms with Crippen molar-refractivity contribution in [1.29, 1.82) is 0 Å². The quantitative estimate of drug-likeness (QED) is 0.505. The second-order valence-electron chi connectivity index (χ2n) is 2.77. The molecule has 0 aromatic heterocycles. The molecule has 2 heteroatoms. The molecule has 13 heavy (non-hydrogen) atoms. The summed E-state index contributed by atoms with van der Waals surface area (Å²) in [6, 6.07) is 0. The lowest BCUT2D eigenvalue weighted by Gasteiger charge is -2.09. The van der Waals surface area contributed by atoms with Gasteiger partial charge in [-0.3, -0.25) is 0 Å². The van der Waals surface area contributed by atoms with Crippen LogP contribution in [0.25, 0.3) is 0 Å². The van der Waals surface area contributed by atoms with Crippen LogP contribution in [0, 0.1) is 0 Å². The second-order valence-corrected chi connectivity index (χ2v) is 2.77. The van der Waals surface area contributed by atoms with Gasteiger partial charge in [0.25, 0.3) is 0 Å². The summed E-state index contributed by atoms with van der Waals surface area (Å²) in [7, 11) is 0. The van der Waals surface area contributed by atoms with E-state index in [9.17, 15) is 5.11 Å². The van der Waals surface area contributed by atoms with E-state index in [2.05, 4.69) is 6.58 Å². The van der Waals surface area contributed by atoms with Gasteiger partial charge in [0.15, 0.2) is 0 Å². The Morgan fingerprint density at radius 1 is 1.54 bits per heavy atom. The molecular weight excluding hydrogens is 164 g/mol. The standard InChI is InChI=1S/C11H18O2/c1-4-6-7-8-10(3)13-9-11(12)5-2/h4,6-8,11-12H,1,5,9H2,2-3H3/b7-6-,10-8+/t11-/m0/s1. The molecule has 0 aliphatic rings. The Kier molecular flexibility index (Phi) is 7.02. The maximum absolute atomic E-state index is 9.19. The predicted molar refractivity (Wildman–Crippen MR) is 55.3 cm³/mol. The van der Waals surface area contributed by atoms with E-state index in [1.807, 2.05) is 32.1 Å². The first-order valence-electron chi connectivity index (χ1n) is 4.47. The van der Waals surface area contributed by atoms with Gasteiger partial charge in [-0.25, -0.2) is 0 Å². The minimum atomic E-state index is -0.369. The fourth-order valence-electron chi connectivity index (χ4n) is 0.663. The number of hydrogen-bond acceptors (Lipinski definition) is 2. The van der Waals surface area contributed by atoms with Gasteiger partial charge in [0.05, 0.1) is 11.9 Å². The average Bonchev–Trinajstić information content (AvgIpc) is 2.14. The fraction of sp³-hybridized carbons (Fsp3) is 0.455. The van der Waals surface area contributed by atoms with Crippen LogP contribution in [0.4, 0.5) is 0 Å². The molecule has 0 aliphatic carbocycles. The molecule has 0 aliphatic heterocycles. The normalized spacial score (nSPS) is 14.5. The van der Waals surface area contributed by atoms with Gasteiger partial charge in [-0.1, -0.05) is 31.7 Å². The molecule has 2 nitrogen and oxygen atoms in total. The third-order valence-electron chi connectivity index (χ3n) is 1.55. The van der Waals surface area contributed by atoms with Crippen LogP contribution >= 0.6 is 0 Å². The summed E-state index contributed by atoms with van der Waals surface area (Å²) in [5.74, 6) is 0.797. The van der Waals surface area contributed by atoms with Gasteiger partial charge in [0, 0.05) is 0 Å². The van der Waals surface area contributed by atoms with E-state index < -0.39 is 0 Å². The first-order valence-corrected chi connectivity index (χ1v) is 4.47. The highest BCUT2D eigenvalue weighted by atomic mass is 16.5. The summed E-state index contributed by atoms with van der Waals surface area (Å²) >= 11 is 0. The first kappa shape index (κ1) is 12.0. The Hall–Kier alpha value is -1.02. The molecule has 0 fully saturated rings. The van der Waals surface area contributed by atoms with Gasteiger partial charge in [-0.15, -0.1) is 0 Å². The molecule has 74 valence electrons. The largest absolute Gasteiger partial charge is 0.496 e. The predicted octanol–water partition coefficient (Wildman–Crippen LogP) is 2.42. The van der Waals surface area contributed by atoms with Crippen LogP contribution in [-0.4, -0.2) is 17.8 Å². The maximum Gasteiger partial charge on any atom is 0.114 e. The molecule has 0 unspecified atom stereocenters. The summed E-state index contributed by atoms with van der Waals surface area (Å²) in [5, 5.41) is 9.19. The number of hydrogen-bond donors (Lipinski definition) is 1. The lowest BCUT2D eigenvalue weighted by Crippen LogP contribution is -2.12. The topological polar surface area (TPSA) is 29.5 Å². The van der Waals surface area contributed by atoms with Crippen LogP contribution < -0.4 is 0 Å². The second kappa shape index (κ2) is 7.62. The SMILES string of the molecule is C=C/C=C\C=C(/C)OC[C@@H](O)CC. The molecule has 0 heterocycles. The zero-order valence-electron chi connectivity index (χ0n) is 8.36. The summed E-state index contributed by atoms with van der Waals surface area (Å²) in [4.78, 5) is 0. The van der Waals surface area contributed by atoms with Gasteiger partial charge >= 0.3 is 0 Å². The van der Waals surface area contributed by atoms with Crippen molar-refractivity contribution >= 4 is 0 Å². The highest BCUT2D eigenvalue weighted by molar-refractivity contribution is 5.10. The van der Waals surface area contributed by atoms with Crippen molar-refractivity contribution in [3.8, 4) is 0 Å². The summed E-state index contributed by atoms with van der Waals surface area (Å²) in [6.07, 6.45) is 7.56. The van der Waals surface area contributed by atoms with Crippen molar-refractivity contribution in [2.45, 2.75) is 26.4 Å². The molecule has 0 aromatic carbocycles. The lowest BCUT2D eigenvalue weighted by atomic mass is 10.3. The summed E-state index contributed by atoms with van der Waals surface area (Å²) in [6.45, 7) is 7.69. The van der Waals surface area contributed by atoms with Crippen molar-refractivity contribution in [3.05, 3.63) is 36.6 Å². The highest BCUT2D eigenvalue weighted by Gasteiger charge is 1.99. The highest BCUT2D eigenvalue weighted by Crippen LogP contribution is 1.99. The van der Waals surface area contributed by atoms with E-state index >= 15 is 0 Å². The zero-order chi connectivity index (χ0) is 10.1. The third kappa shape index (κ3) is 7.34. The fourth-order valence-corrected chi connectivity index (χ4v) is 0.663. The molecule has 0 saturated heterocycles. The minimum absolute atomic E-state index is 0.362. The summed E-state index contributed by atoms with van der Waals surface area (Å²) < 4.78 is 5.27. The molecule has 0 radical (unpaired) electrons. The van der Waals surface area contributed by atoms with Gasteiger partial charge in [-0.2, -0.15) is 0 Å². The van der Waals surface area contributed by atoms with Crippen LogP contribution in [0.1, 0.15) is 20.3 Å². The Balaban J connectivity index is 3.72. The van der Waals surface area contributed by atoms with E-state index in [0.29, 0.717) is 6.61 Å². The number of rotatable bonds is 6. The number of allylic oxidation sites excluding steroid dienone is 5. The Morgan fingerprint density at radius 3 is 2.77 bits per heavy atom. The van der Waals surface area contributed by atoms with Crippen LogP contribution in [0.5, 0.6) is 0 Å². The Morgan fingerprint density at radius 2 is 2.23 bits per heavy atom. The first-order chi connectivity index (χ1) is 6.20. The molecular formula is C11H18O2. The van der Waals surface area contributed by atoms with Crippen LogP contribution in [0.15, 0.2) is 36.6 Å². The maximum atomic E-state index is 9.19. The van der Waals surface area contributed by atoms with Gasteiger partial charge in [0.2, 0.25) is 0 Å². The Labute approximate surface area is 80.2 Å². The average molecular weight is 182 g/mol. The molecule has 0 spiro atoms. The van der Waals surface area contributed by atoms with Crippen molar-refractivity contribution in [2.24, 2.45) is 0 Å². The van der Waals surface area contributed by atoms with Crippen molar-refractivity contribution < 1.29 is 9.84 Å². The number of ether oxygens (including phenoxy) is 1. The zero-order valence-corrected chi connectivity index (χ0v) is 8.36. The Bertz CT molecular complexity index is 192. The molecule has 0 saturated carbocycles. The summed E-state index contributed by atoms with van der Waals surface area (Å²) in [5.41, 5.74) is 0.